The van der Waals surface area contributed by atoms with Crippen molar-refractivity contribution in [1.82, 2.24) is 0 Å². The van der Waals surface area contributed by atoms with E-state index in [2.05, 4.69) is 0 Å². The highest BCUT2D eigenvalue weighted by Gasteiger charge is 2.22. The lowest BCUT2D eigenvalue weighted by Crippen LogP contribution is -1.93. The van der Waals surface area contributed by atoms with Crippen molar-refractivity contribution in [3.63, 3.8) is 0 Å². The highest BCUT2D eigenvalue weighted by molar-refractivity contribution is 6.27. The van der Waals surface area contributed by atoms with Gasteiger partial charge in [-0.1, -0.05) is 139 Å². The highest BCUT2D eigenvalue weighted by atomic mass is 16.3. The smallest absolute Gasteiger partial charge is 0.136 e. The Hall–Kier alpha value is -6.18. The molecule has 0 aliphatic heterocycles. The molecule has 1 nitrogen and oxygen atoms in total. The fraction of sp³-hybridized carbons (Fsp3) is 0. The topological polar surface area (TPSA) is 13.1 Å². The van der Waals surface area contributed by atoms with Gasteiger partial charge in [-0.25, -0.2) is 0 Å². The molecule has 10 rings (SSSR count). The van der Waals surface area contributed by atoms with Crippen LogP contribution in [0.3, 0.4) is 0 Å². The monoisotopic (exact) mass is 604 g/mol. The zero-order valence-corrected chi connectivity index (χ0v) is 25.0. The van der Waals surface area contributed by atoms with Crippen LogP contribution < -0.4 is 0 Å². The molecule has 1 heterocycles. The Bertz CT molecular complexity index is 3220. The molecule has 1 heteroatoms. The van der Waals surface area contributed by atoms with Crippen LogP contribution in [0, 0.1) is 0 Å². The number of fused-ring (bicyclic) bond motifs is 7. The van der Waals surface area contributed by atoms with Crippen molar-refractivity contribution in [1.29, 1.82) is 0 Å². The third-order valence-corrected chi connectivity index (χ3v) is 9.25. The fourth-order valence-electron chi connectivity index (χ4n) is 7.19. The summed E-state index contributed by atoms with van der Waals surface area (Å²) in [6.07, 6.45) is 0. The fourth-order valence-corrected chi connectivity index (χ4v) is 7.19. The first-order chi connectivity index (χ1) is 26.6. The van der Waals surface area contributed by atoms with E-state index in [9.17, 15) is 5.48 Å². The van der Waals surface area contributed by atoms with E-state index >= 15 is 0 Å². The van der Waals surface area contributed by atoms with Gasteiger partial charge in [-0.05, 0) is 107 Å². The maximum absolute atomic E-state index is 9.56. The SMILES string of the molecule is [2H]c1c([2H])c([2H])c2c(-c3cccc4oc5cc6ccccc6cc5c34)c3c([2H])c([2H])c([2H])c([2H])c3c(-c3cc4ccccc4cc3-c3ccccc3)c2c1[2H]. The first-order valence-corrected chi connectivity index (χ1v) is 15.5. The van der Waals surface area contributed by atoms with E-state index < -0.39 is 24.2 Å². The lowest BCUT2D eigenvalue weighted by molar-refractivity contribution is 0.669. The third kappa shape index (κ3) is 3.97. The Kier molecular flexibility index (Phi) is 4.19. The van der Waals surface area contributed by atoms with Gasteiger partial charge in [0, 0.05) is 10.8 Å². The molecule has 0 unspecified atom stereocenters. The molecule has 0 saturated heterocycles. The minimum atomic E-state index is -0.443. The average molecular weight is 605 g/mol. The van der Waals surface area contributed by atoms with Crippen molar-refractivity contribution in [3.05, 3.63) is 170 Å². The van der Waals surface area contributed by atoms with Crippen LogP contribution in [0.1, 0.15) is 11.0 Å². The summed E-state index contributed by atoms with van der Waals surface area (Å²) >= 11 is 0. The van der Waals surface area contributed by atoms with Crippen LogP contribution >= 0.6 is 0 Å². The van der Waals surface area contributed by atoms with Crippen LogP contribution in [0.25, 0.3) is 98.4 Å². The van der Waals surface area contributed by atoms with Gasteiger partial charge in [0.2, 0.25) is 0 Å². The van der Waals surface area contributed by atoms with Crippen LogP contribution in [0.2, 0.25) is 0 Å². The van der Waals surface area contributed by atoms with E-state index in [0.717, 1.165) is 38.1 Å². The predicted octanol–water partition coefficient (Wildman–Crippen LogP) is 13.2. The standard InChI is InChI=1S/C46H28O/c1-2-13-29(14-3-1)39-25-30-15-4-5-16-31(30)26-40(39)45-36-21-10-8-19-34(36)44(35-20-9-11-22-37(35)45)38-23-12-24-42-46(38)41-27-32-17-6-7-18-33(32)28-43(41)47-42/h1-28H/i8D,9D,10D,11D,19D,20D,21D,22D. The van der Waals surface area contributed by atoms with Crippen LogP contribution in [0.5, 0.6) is 0 Å². The summed E-state index contributed by atoms with van der Waals surface area (Å²) in [5.74, 6) is 0. The lowest BCUT2D eigenvalue weighted by atomic mass is 9.82. The van der Waals surface area contributed by atoms with Crippen LogP contribution in [0.4, 0.5) is 0 Å². The molecule has 0 N–H and O–H groups in total. The summed E-state index contributed by atoms with van der Waals surface area (Å²) in [5, 5.41) is 5.89. The third-order valence-electron chi connectivity index (χ3n) is 9.25. The zero-order valence-electron chi connectivity index (χ0n) is 33.0. The van der Waals surface area contributed by atoms with Crippen molar-refractivity contribution < 1.29 is 15.4 Å². The van der Waals surface area contributed by atoms with E-state index in [4.69, 9.17) is 9.90 Å². The molecule has 0 aliphatic rings. The van der Waals surface area contributed by atoms with Crippen LogP contribution in [-0.2, 0) is 0 Å². The second-order valence-electron chi connectivity index (χ2n) is 11.8. The van der Waals surface area contributed by atoms with Gasteiger partial charge in [-0.3, -0.25) is 0 Å². The summed E-state index contributed by atoms with van der Waals surface area (Å²) in [7, 11) is 0. The van der Waals surface area contributed by atoms with Gasteiger partial charge in [0.15, 0.2) is 0 Å². The van der Waals surface area contributed by atoms with E-state index in [1.165, 1.54) is 0 Å². The molecular formula is C46H28O. The molecule has 9 aromatic carbocycles. The van der Waals surface area contributed by atoms with Gasteiger partial charge in [0.05, 0.1) is 11.0 Å². The molecule has 0 radical (unpaired) electrons. The number of hydrogen-bond acceptors (Lipinski definition) is 1. The Labute approximate surface area is 283 Å². The second kappa shape index (κ2) is 10.2. The number of benzene rings is 9. The number of rotatable bonds is 3. The van der Waals surface area contributed by atoms with Crippen molar-refractivity contribution >= 4 is 65.0 Å². The first-order valence-electron chi connectivity index (χ1n) is 19.5. The second-order valence-corrected chi connectivity index (χ2v) is 11.8. The molecule has 0 atom stereocenters. The van der Waals surface area contributed by atoms with Gasteiger partial charge >= 0.3 is 0 Å². The molecule has 0 bridgehead atoms. The number of hydrogen-bond donors (Lipinski definition) is 0. The maximum atomic E-state index is 9.56. The first kappa shape index (κ1) is 19.4. The summed E-state index contributed by atoms with van der Waals surface area (Å²) in [6.45, 7) is 0. The Morgan fingerprint density at radius 3 is 1.51 bits per heavy atom. The quantitative estimate of drug-likeness (QED) is 0.183. The predicted molar refractivity (Wildman–Crippen MR) is 200 cm³/mol. The minimum Gasteiger partial charge on any atom is -0.456 e. The van der Waals surface area contributed by atoms with Gasteiger partial charge in [0.1, 0.15) is 11.2 Å². The number of furan rings is 1. The molecule has 218 valence electrons. The van der Waals surface area contributed by atoms with Crippen LogP contribution in [-0.4, -0.2) is 0 Å². The Morgan fingerprint density at radius 1 is 0.383 bits per heavy atom. The maximum Gasteiger partial charge on any atom is 0.136 e. The minimum absolute atomic E-state index is 0.161. The average Bonchev–Trinajstić information content (AvgIpc) is 3.58. The Balaban J connectivity index is 1.50. The molecule has 0 aliphatic carbocycles. The Morgan fingerprint density at radius 2 is 0.894 bits per heavy atom. The van der Waals surface area contributed by atoms with Crippen molar-refractivity contribution in [3.8, 4) is 33.4 Å². The molecule has 1 aromatic heterocycles. The van der Waals surface area contributed by atoms with Crippen molar-refractivity contribution in [2.75, 3.05) is 0 Å². The normalized spacial score (nSPS) is 14.2. The van der Waals surface area contributed by atoms with E-state index in [1.807, 2.05) is 115 Å². The van der Waals surface area contributed by atoms with Gasteiger partial charge < -0.3 is 4.42 Å². The van der Waals surface area contributed by atoms with Crippen molar-refractivity contribution in [2.45, 2.75) is 0 Å². The molecule has 10 aromatic rings. The molecule has 47 heavy (non-hydrogen) atoms. The van der Waals surface area contributed by atoms with Crippen molar-refractivity contribution in [2.24, 2.45) is 0 Å². The molecule has 0 fully saturated rings. The van der Waals surface area contributed by atoms with Gasteiger partial charge in [-0.2, -0.15) is 0 Å². The largest absolute Gasteiger partial charge is 0.456 e. The molecule has 0 saturated carbocycles. The summed E-state index contributed by atoms with van der Waals surface area (Å²) < 4.78 is 80.5. The molecular weight excluding hydrogens is 569 g/mol. The van der Waals surface area contributed by atoms with E-state index in [-0.39, 0.29) is 51.3 Å². The molecule has 0 spiro atoms. The summed E-state index contributed by atoms with van der Waals surface area (Å²) in [6, 6.07) is 36.0. The molecule has 0 amide bonds. The summed E-state index contributed by atoms with van der Waals surface area (Å²) in [4.78, 5) is 0. The zero-order chi connectivity index (χ0) is 37.9. The van der Waals surface area contributed by atoms with Gasteiger partial charge in [-0.15, -0.1) is 0 Å². The highest BCUT2D eigenvalue weighted by Crippen LogP contribution is 2.49. The van der Waals surface area contributed by atoms with E-state index in [1.54, 1.807) is 6.07 Å². The van der Waals surface area contributed by atoms with E-state index in [0.29, 0.717) is 33.2 Å². The summed E-state index contributed by atoms with van der Waals surface area (Å²) in [5.41, 5.74) is 4.48. The lowest BCUT2D eigenvalue weighted by Gasteiger charge is -2.20. The van der Waals surface area contributed by atoms with Gasteiger partial charge in [0.25, 0.3) is 0 Å². The van der Waals surface area contributed by atoms with Crippen LogP contribution in [0.15, 0.2) is 174 Å².